The Labute approximate surface area is 392 Å². The zero-order chi connectivity index (χ0) is 45.8. The molecule has 7 heteroatoms. The highest BCUT2D eigenvalue weighted by Gasteiger charge is 2.05. The SMILES string of the molecule is CCCCCCCCCCCCCCCCCCOc1ccc(C(=O)C=CNCC(O)CN=CC=C([O-])c2ccc(OCCCCCCCCCCCCCCCCCC)cc2)cc1. The lowest BCUT2D eigenvalue weighted by Crippen LogP contribution is -2.25. The van der Waals surface area contributed by atoms with Crippen LogP contribution in [0.2, 0.25) is 0 Å². The Morgan fingerprint density at radius 1 is 0.547 bits per heavy atom. The number of aliphatic hydroxyl groups excluding tert-OH is 1. The first kappa shape index (κ1) is 56.5. The average molecular weight is 886 g/mol. The highest BCUT2D eigenvalue weighted by molar-refractivity contribution is 6.04. The zero-order valence-corrected chi connectivity index (χ0v) is 41.0. The molecule has 2 aromatic rings. The van der Waals surface area contributed by atoms with Crippen molar-refractivity contribution in [2.75, 3.05) is 26.3 Å². The van der Waals surface area contributed by atoms with Crippen LogP contribution in [0.4, 0.5) is 0 Å². The molecule has 0 saturated heterocycles. The van der Waals surface area contributed by atoms with Gasteiger partial charge in [-0.1, -0.05) is 225 Å². The smallest absolute Gasteiger partial charge is 0.187 e. The summed E-state index contributed by atoms with van der Waals surface area (Å²) in [5.74, 6) is 1.27. The molecule has 64 heavy (non-hydrogen) atoms. The van der Waals surface area contributed by atoms with Crippen LogP contribution in [0.25, 0.3) is 5.76 Å². The maximum absolute atomic E-state index is 12.6. The number of rotatable bonds is 45. The fourth-order valence-electron chi connectivity index (χ4n) is 8.01. The minimum atomic E-state index is -0.767. The van der Waals surface area contributed by atoms with Gasteiger partial charge in [0.1, 0.15) is 11.5 Å². The molecule has 0 saturated carbocycles. The molecule has 0 aliphatic heterocycles. The molecular formula is C57H93N2O5-. The molecule has 1 unspecified atom stereocenters. The van der Waals surface area contributed by atoms with Gasteiger partial charge in [-0.2, -0.15) is 0 Å². The molecule has 362 valence electrons. The van der Waals surface area contributed by atoms with Crippen molar-refractivity contribution >= 4 is 17.8 Å². The Morgan fingerprint density at radius 2 is 0.891 bits per heavy atom. The number of unbranched alkanes of at least 4 members (excludes halogenated alkanes) is 30. The van der Waals surface area contributed by atoms with E-state index in [0.29, 0.717) is 24.3 Å². The molecule has 2 aromatic carbocycles. The number of aliphatic hydroxyl groups is 1. The molecule has 7 nitrogen and oxygen atoms in total. The van der Waals surface area contributed by atoms with Gasteiger partial charge in [-0.25, -0.2) is 0 Å². The van der Waals surface area contributed by atoms with Crippen LogP contribution in [0.3, 0.4) is 0 Å². The van der Waals surface area contributed by atoms with Crippen molar-refractivity contribution in [3.05, 3.63) is 78.0 Å². The summed E-state index contributed by atoms with van der Waals surface area (Å²) in [6.45, 7) is 6.30. The number of nitrogens with zero attached hydrogens (tertiary/aromatic N) is 1. The fourth-order valence-corrected chi connectivity index (χ4v) is 8.01. The van der Waals surface area contributed by atoms with E-state index < -0.39 is 6.10 Å². The number of benzene rings is 2. The summed E-state index contributed by atoms with van der Waals surface area (Å²) in [4.78, 5) is 16.8. The van der Waals surface area contributed by atoms with Gasteiger partial charge in [-0.15, -0.1) is 5.76 Å². The first-order chi connectivity index (χ1) is 31.5. The van der Waals surface area contributed by atoms with Crippen LogP contribution in [0.5, 0.6) is 11.5 Å². The Morgan fingerprint density at radius 3 is 1.27 bits per heavy atom. The average Bonchev–Trinajstić information content (AvgIpc) is 3.31. The van der Waals surface area contributed by atoms with Crippen molar-refractivity contribution in [1.82, 2.24) is 5.32 Å². The molecule has 0 fully saturated rings. The van der Waals surface area contributed by atoms with Gasteiger partial charge in [0.2, 0.25) is 0 Å². The van der Waals surface area contributed by atoms with Crippen molar-refractivity contribution < 1.29 is 24.5 Å². The van der Waals surface area contributed by atoms with E-state index in [-0.39, 0.29) is 24.6 Å². The van der Waals surface area contributed by atoms with Crippen LogP contribution >= 0.6 is 0 Å². The largest absolute Gasteiger partial charge is 0.872 e. The highest BCUT2D eigenvalue weighted by Crippen LogP contribution is 2.19. The summed E-state index contributed by atoms with van der Waals surface area (Å²) in [5, 5.41) is 25.8. The van der Waals surface area contributed by atoms with Gasteiger partial charge in [-0.3, -0.25) is 9.79 Å². The number of hydrogen-bond acceptors (Lipinski definition) is 7. The number of ether oxygens (including phenoxy) is 2. The predicted molar refractivity (Wildman–Crippen MR) is 272 cm³/mol. The zero-order valence-electron chi connectivity index (χ0n) is 41.0. The summed E-state index contributed by atoms with van der Waals surface area (Å²) in [5.41, 5.74) is 1.14. The molecule has 0 heterocycles. The summed E-state index contributed by atoms with van der Waals surface area (Å²) >= 11 is 0. The van der Waals surface area contributed by atoms with Crippen LogP contribution in [0.1, 0.15) is 235 Å². The van der Waals surface area contributed by atoms with Crippen molar-refractivity contribution in [3.63, 3.8) is 0 Å². The minimum Gasteiger partial charge on any atom is -0.872 e. The number of nitrogens with one attached hydrogen (secondary N) is 1. The van der Waals surface area contributed by atoms with Gasteiger partial charge in [0.15, 0.2) is 5.78 Å². The second-order valence-electron chi connectivity index (χ2n) is 18.2. The maximum atomic E-state index is 12.6. The second-order valence-corrected chi connectivity index (χ2v) is 18.2. The summed E-state index contributed by atoms with van der Waals surface area (Å²) in [6.07, 6.45) is 48.3. The minimum absolute atomic E-state index is 0.131. The van der Waals surface area contributed by atoms with E-state index in [4.69, 9.17) is 9.47 Å². The van der Waals surface area contributed by atoms with Gasteiger partial charge in [0.05, 0.1) is 25.9 Å². The van der Waals surface area contributed by atoms with Crippen molar-refractivity contribution in [3.8, 4) is 11.5 Å². The molecule has 2 rings (SSSR count). The molecular weight excluding hydrogens is 793 g/mol. The molecule has 0 amide bonds. The molecule has 2 N–H and O–H groups in total. The molecule has 0 aliphatic carbocycles. The van der Waals surface area contributed by atoms with Crippen LogP contribution < -0.4 is 19.9 Å². The number of carbonyl (C=O) groups is 1. The first-order valence-corrected chi connectivity index (χ1v) is 26.5. The van der Waals surface area contributed by atoms with E-state index in [1.165, 1.54) is 211 Å². The normalized spacial score (nSPS) is 12.4. The van der Waals surface area contributed by atoms with E-state index in [2.05, 4.69) is 24.2 Å². The van der Waals surface area contributed by atoms with Gasteiger partial charge >= 0.3 is 0 Å². The van der Waals surface area contributed by atoms with Gasteiger partial charge in [0.25, 0.3) is 0 Å². The second kappa shape index (κ2) is 42.1. The van der Waals surface area contributed by atoms with Crippen molar-refractivity contribution in [1.29, 1.82) is 0 Å². The van der Waals surface area contributed by atoms with Gasteiger partial charge < -0.3 is 25.0 Å². The fraction of sp³-hybridized carbons (Fsp3) is 0.684. The standard InChI is InChI=1S/C57H94N2O5/c1-3-5-7-9-11-13-15-17-19-21-23-25-27-29-31-33-47-63-54-39-35-51(36-40-54)56(61)43-45-58-49-53(60)50-59-46-44-57(62)52-37-41-55(42-38-52)64-48-34-32-30-28-26-24-22-20-18-16-14-12-10-8-6-4-2/h35-46,53,58,60,62H,3-34,47-50H2,1-2H3/p-1. The van der Waals surface area contributed by atoms with E-state index in [0.717, 1.165) is 24.3 Å². The molecule has 0 aliphatic rings. The van der Waals surface area contributed by atoms with Crippen LogP contribution in [0.15, 0.2) is 71.9 Å². The van der Waals surface area contributed by atoms with Crippen molar-refractivity contribution in [2.45, 2.75) is 225 Å². The monoisotopic (exact) mass is 886 g/mol. The predicted octanol–water partition coefficient (Wildman–Crippen LogP) is 15.1. The van der Waals surface area contributed by atoms with Crippen LogP contribution in [-0.4, -0.2) is 49.5 Å². The lowest BCUT2D eigenvalue weighted by Gasteiger charge is -2.12. The quantitative estimate of drug-likeness (QED) is 0.0226. The number of carbonyl (C=O) groups excluding carboxylic acids is 1. The van der Waals surface area contributed by atoms with Crippen LogP contribution in [0, 0.1) is 0 Å². The van der Waals surface area contributed by atoms with E-state index in [1.54, 1.807) is 30.5 Å². The Kier molecular flexibility index (Phi) is 37.2. The molecule has 0 aromatic heterocycles. The lowest BCUT2D eigenvalue weighted by atomic mass is 10.0. The lowest BCUT2D eigenvalue weighted by molar-refractivity contribution is -0.243. The van der Waals surface area contributed by atoms with Gasteiger partial charge in [0, 0.05) is 30.6 Å². The summed E-state index contributed by atoms with van der Waals surface area (Å²) in [7, 11) is 0. The third-order valence-electron chi connectivity index (χ3n) is 12.2. The van der Waals surface area contributed by atoms with Gasteiger partial charge in [-0.05, 0) is 54.8 Å². The molecule has 0 radical (unpaired) electrons. The third kappa shape index (κ3) is 33.0. The molecule has 0 spiro atoms. The molecule has 0 bridgehead atoms. The highest BCUT2D eigenvalue weighted by atomic mass is 16.5. The summed E-state index contributed by atoms with van der Waals surface area (Å²) in [6, 6.07) is 14.5. The topological polar surface area (TPSA) is 103 Å². The Balaban J connectivity index is 1.44. The van der Waals surface area contributed by atoms with Crippen LogP contribution in [-0.2, 0) is 0 Å². The van der Waals surface area contributed by atoms with E-state index in [1.807, 2.05) is 24.3 Å². The van der Waals surface area contributed by atoms with E-state index in [9.17, 15) is 15.0 Å². The number of allylic oxidation sites excluding steroid dienone is 2. The number of hydrogen-bond donors (Lipinski definition) is 2. The third-order valence-corrected chi connectivity index (χ3v) is 12.2. The van der Waals surface area contributed by atoms with E-state index >= 15 is 0 Å². The Hall–Kier alpha value is -3.58. The summed E-state index contributed by atoms with van der Waals surface area (Å²) < 4.78 is 11.8. The number of aliphatic imine (C=N–C) groups is 1. The molecule has 1 atom stereocenters. The number of ketones is 1. The first-order valence-electron chi connectivity index (χ1n) is 26.5. The van der Waals surface area contributed by atoms with Crippen molar-refractivity contribution in [2.24, 2.45) is 4.99 Å². The Bertz CT molecular complexity index is 1440. The maximum Gasteiger partial charge on any atom is 0.187 e.